The van der Waals surface area contributed by atoms with Gasteiger partial charge in [-0.05, 0) is 82.7 Å². The molecule has 0 saturated carbocycles. The van der Waals surface area contributed by atoms with Gasteiger partial charge in [0.25, 0.3) is 0 Å². The van der Waals surface area contributed by atoms with Crippen LogP contribution in [-0.4, -0.2) is 37.6 Å². The minimum Gasteiger partial charge on any atom is -0.317 e. The summed E-state index contributed by atoms with van der Waals surface area (Å²) in [5.74, 6) is 0. The van der Waals surface area contributed by atoms with E-state index in [9.17, 15) is 0 Å². The number of thiophene rings is 1. The summed E-state index contributed by atoms with van der Waals surface area (Å²) in [5.41, 5.74) is 0. The first-order valence-electron chi connectivity index (χ1n) is 7.40. The third-order valence-electron chi connectivity index (χ3n) is 3.63. The zero-order valence-corrected chi connectivity index (χ0v) is 12.2. The summed E-state index contributed by atoms with van der Waals surface area (Å²) in [7, 11) is 0. The van der Waals surface area contributed by atoms with E-state index in [1.54, 1.807) is 0 Å². The topological polar surface area (TPSA) is 15.3 Å². The van der Waals surface area contributed by atoms with Gasteiger partial charge in [0, 0.05) is 4.88 Å². The standard InChI is InChI=1S/C15H26N2S/c1(7-15-8-5-14-18-15)2-9-16-10-6-13-17-11-3-4-12-17/h5,8,14,16H,1-4,6-7,9-13H2. The van der Waals surface area contributed by atoms with E-state index in [-0.39, 0.29) is 0 Å². The molecule has 1 aromatic heterocycles. The van der Waals surface area contributed by atoms with Crippen molar-refractivity contribution in [3.63, 3.8) is 0 Å². The van der Waals surface area contributed by atoms with Gasteiger partial charge in [-0.2, -0.15) is 0 Å². The maximum absolute atomic E-state index is 3.57. The average molecular weight is 266 g/mol. The van der Waals surface area contributed by atoms with Crippen molar-refractivity contribution in [3.05, 3.63) is 22.4 Å². The van der Waals surface area contributed by atoms with Crippen LogP contribution in [-0.2, 0) is 6.42 Å². The molecule has 1 aromatic rings. The molecule has 102 valence electrons. The molecule has 0 amide bonds. The molecule has 0 unspecified atom stereocenters. The monoisotopic (exact) mass is 266 g/mol. The Hall–Kier alpha value is -0.380. The Morgan fingerprint density at radius 2 is 1.94 bits per heavy atom. The minimum absolute atomic E-state index is 1.19. The van der Waals surface area contributed by atoms with Gasteiger partial charge in [0.1, 0.15) is 0 Å². The first-order valence-corrected chi connectivity index (χ1v) is 8.28. The lowest BCUT2D eigenvalue weighted by Gasteiger charge is -2.14. The maximum Gasteiger partial charge on any atom is 0.00452 e. The smallest absolute Gasteiger partial charge is 0.00452 e. The van der Waals surface area contributed by atoms with Crippen molar-refractivity contribution < 1.29 is 0 Å². The molecule has 0 radical (unpaired) electrons. The van der Waals surface area contributed by atoms with Gasteiger partial charge < -0.3 is 10.2 Å². The molecule has 18 heavy (non-hydrogen) atoms. The highest BCUT2D eigenvalue weighted by molar-refractivity contribution is 7.09. The van der Waals surface area contributed by atoms with E-state index in [1.807, 2.05) is 11.3 Å². The Kier molecular flexibility index (Phi) is 6.77. The molecule has 1 aliphatic heterocycles. The molecule has 2 rings (SSSR count). The van der Waals surface area contributed by atoms with Crippen molar-refractivity contribution in [3.8, 4) is 0 Å². The zero-order chi connectivity index (χ0) is 12.5. The van der Waals surface area contributed by atoms with E-state index in [0.29, 0.717) is 0 Å². The van der Waals surface area contributed by atoms with Gasteiger partial charge in [0.05, 0.1) is 0 Å². The number of aryl methyl sites for hydroxylation is 1. The van der Waals surface area contributed by atoms with E-state index in [0.717, 1.165) is 0 Å². The molecule has 1 fully saturated rings. The Bertz CT molecular complexity index is 291. The number of nitrogens with one attached hydrogen (secondary N) is 1. The number of rotatable bonds is 9. The van der Waals surface area contributed by atoms with Crippen molar-refractivity contribution >= 4 is 11.3 Å². The molecule has 0 spiro atoms. The van der Waals surface area contributed by atoms with E-state index < -0.39 is 0 Å². The van der Waals surface area contributed by atoms with E-state index in [4.69, 9.17) is 0 Å². The Morgan fingerprint density at radius 3 is 2.72 bits per heavy atom. The molecule has 2 heterocycles. The first kappa shape index (κ1) is 14.0. The molecule has 3 heteroatoms. The van der Waals surface area contributed by atoms with Crippen LogP contribution in [0.3, 0.4) is 0 Å². The van der Waals surface area contributed by atoms with Gasteiger partial charge in [-0.3, -0.25) is 0 Å². The van der Waals surface area contributed by atoms with E-state index >= 15 is 0 Å². The summed E-state index contributed by atoms with van der Waals surface area (Å²) in [6, 6.07) is 4.39. The SMILES string of the molecule is c1csc(CCCCNCCCN2CCCC2)c1. The number of hydrogen-bond donors (Lipinski definition) is 1. The highest BCUT2D eigenvalue weighted by Gasteiger charge is 2.09. The van der Waals surface area contributed by atoms with Gasteiger partial charge >= 0.3 is 0 Å². The molecular formula is C15H26N2S. The largest absolute Gasteiger partial charge is 0.317 e. The molecule has 0 atom stereocenters. The predicted octanol–water partition coefficient (Wildman–Crippen LogP) is 3.15. The van der Waals surface area contributed by atoms with Crippen molar-refractivity contribution in [1.29, 1.82) is 0 Å². The zero-order valence-electron chi connectivity index (χ0n) is 11.4. The third-order valence-corrected chi connectivity index (χ3v) is 4.57. The highest BCUT2D eigenvalue weighted by atomic mass is 32.1. The lowest BCUT2D eigenvalue weighted by molar-refractivity contribution is 0.331. The first-order chi connectivity index (χ1) is 8.95. The Balaban J connectivity index is 1.35. The van der Waals surface area contributed by atoms with Crippen LogP contribution in [0.1, 0.15) is 37.0 Å². The summed E-state index contributed by atoms with van der Waals surface area (Å²) in [5, 5.41) is 5.74. The number of hydrogen-bond acceptors (Lipinski definition) is 3. The number of unbranched alkanes of at least 4 members (excludes halogenated alkanes) is 1. The second kappa shape index (κ2) is 8.68. The van der Waals surface area contributed by atoms with Crippen LogP contribution >= 0.6 is 11.3 Å². The Labute approximate surface area is 115 Å². The lowest BCUT2D eigenvalue weighted by atomic mass is 10.2. The number of likely N-dealkylation sites (tertiary alicyclic amines) is 1. The van der Waals surface area contributed by atoms with Crippen molar-refractivity contribution in [2.75, 3.05) is 32.7 Å². The van der Waals surface area contributed by atoms with Gasteiger partial charge in [0.2, 0.25) is 0 Å². The lowest BCUT2D eigenvalue weighted by Crippen LogP contribution is -2.25. The van der Waals surface area contributed by atoms with Crippen molar-refractivity contribution in [2.45, 2.75) is 38.5 Å². The van der Waals surface area contributed by atoms with Crippen molar-refractivity contribution in [1.82, 2.24) is 10.2 Å². The van der Waals surface area contributed by atoms with Crippen LogP contribution in [0.25, 0.3) is 0 Å². The summed E-state index contributed by atoms with van der Waals surface area (Å²) < 4.78 is 0. The quantitative estimate of drug-likeness (QED) is 0.691. The van der Waals surface area contributed by atoms with Gasteiger partial charge in [-0.15, -0.1) is 11.3 Å². The van der Waals surface area contributed by atoms with E-state index in [1.165, 1.54) is 76.1 Å². The fourth-order valence-electron chi connectivity index (χ4n) is 2.56. The molecule has 2 nitrogen and oxygen atoms in total. The second-order valence-corrected chi connectivity index (χ2v) is 6.22. The molecule has 1 N–H and O–H groups in total. The minimum atomic E-state index is 1.19. The van der Waals surface area contributed by atoms with Gasteiger partial charge in [-0.1, -0.05) is 6.07 Å². The summed E-state index contributed by atoms with van der Waals surface area (Å²) >= 11 is 1.88. The molecule has 0 bridgehead atoms. The summed E-state index contributed by atoms with van der Waals surface area (Å²) in [6.45, 7) is 6.34. The second-order valence-electron chi connectivity index (χ2n) is 5.19. The third kappa shape index (κ3) is 5.51. The van der Waals surface area contributed by atoms with Gasteiger partial charge in [-0.25, -0.2) is 0 Å². The highest BCUT2D eigenvalue weighted by Crippen LogP contribution is 2.11. The fraction of sp³-hybridized carbons (Fsp3) is 0.733. The molecular weight excluding hydrogens is 240 g/mol. The van der Waals surface area contributed by atoms with Crippen LogP contribution in [0.15, 0.2) is 17.5 Å². The molecule has 0 aliphatic carbocycles. The van der Waals surface area contributed by atoms with Crippen LogP contribution < -0.4 is 5.32 Å². The predicted molar refractivity (Wildman–Crippen MR) is 80.4 cm³/mol. The fourth-order valence-corrected chi connectivity index (χ4v) is 3.31. The Morgan fingerprint density at radius 1 is 1.11 bits per heavy atom. The van der Waals surface area contributed by atoms with Crippen LogP contribution in [0.2, 0.25) is 0 Å². The molecule has 1 aliphatic rings. The normalized spacial score (nSPS) is 16.4. The number of nitrogens with zero attached hydrogens (tertiary/aromatic N) is 1. The van der Waals surface area contributed by atoms with Crippen LogP contribution in [0.5, 0.6) is 0 Å². The summed E-state index contributed by atoms with van der Waals surface area (Å²) in [4.78, 5) is 4.13. The van der Waals surface area contributed by atoms with Crippen LogP contribution in [0.4, 0.5) is 0 Å². The van der Waals surface area contributed by atoms with E-state index in [2.05, 4.69) is 27.7 Å². The summed E-state index contributed by atoms with van der Waals surface area (Å²) in [6.07, 6.45) is 8.02. The molecule has 0 aromatic carbocycles. The van der Waals surface area contributed by atoms with Crippen molar-refractivity contribution in [2.24, 2.45) is 0 Å². The molecule has 1 saturated heterocycles. The van der Waals surface area contributed by atoms with Gasteiger partial charge in [0.15, 0.2) is 0 Å². The van der Waals surface area contributed by atoms with Crippen LogP contribution in [0, 0.1) is 0 Å². The maximum atomic E-state index is 3.57. The average Bonchev–Trinajstić information content (AvgIpc) is 3.05.